The fraction of sp³-hybridized carbons (Fsp3) is 0.625. The highest BCUT2D eigenvalue weighted by Gasteiger charge is 2.02. The second-order valence-electron chi connectivity index (χ2n) is 2.18. The topological polar surface area (TPSA) is 46.5 Å². The van der Waals surface area contributed by atoms with E-state index in [9.17, 15) is 4.79 Å². The van der Waals surface area contributed by atoms with Gasteiger partial charge in [-0.25, -0.2) is 4.79 Å². The molecule has 0 unspecified atom stereocenters. The Hall–Kier alpha value is -0.830. The van der Waals surface area contributed by atoms with E-state index in [-0.39, 0.29) is 12.6 Å². The van der Waals surface area contributed by atoms with Crippen LogP contribution in [0.3, 0.4) is 0 Å². The molecule has 0 spiro atoms. The first-order valence-corrected chi connectivity index (χ1v) is 3.63. The molecule has 0 fully saturated rings. The molecule has 3 heteroatoms. The molecule has 0 amide bonds. The zero-order chi connectivity index (χ0) is 8.69. The maximum Gasteiger partial charge on any atom is 0.333 e. The van der Waals surface area contributed by atoms with Gasteiger partial charge in [-0.3, -0.25) is 0 Å². The van der Waals surface area contributed by atoms with Gasteiger partial charge in [-0.2, -0.15) is 0 Å². The summed E-state index contributed by atoms with van der Waals surface area (Å²) in [7, 11) is 0. The van der Waals surface area contributed by atoms with E-state index in [1.54, 1.807) is 19.9 Å². The highest BCUT2D eigenvalue weighted by molar-refractivity contribution is 5.87. The number of esters is 1. The molecule has 0 heterocycles. The van der Waals surface area contributed by atoms with Crippen LogP contribution < -0.4 is 0 Å². The number of aliphatic hydroxyl groups excluding tert-OH is 1. The van der Waals surface area contributed by atoms with Crippen LogP contribution in [0.15, 0.2) is 11.6 Å². The van der Waals surface area contributed by atoms with E-state index < -0.39 is 0 Å². The van der Waals surface area contributed by atoms with Crippen molar-refractivity contribution in [3.05, 3.63) is 11.6 Å². The van der Waals surface area contributed by atoms with E-state index in [1.807, 2.05) is 0 Å². The molecule has 0 aliphatic carbocycles. The molecular weight excluding hydrogens is 144 g/mol. The Balaban J connectivity index is 3.53. The van der Waals surface area contributed by atoms with Crippen LogP contribution in [0, 0.1) is 0 Å². The van der Waals surface area contributed by atoms with E-state index in [2.05, 4.69) is 0 Å². The first-order chi connectivity index (χ1) is 5.22. The molecule has 1 N–H and O–H groups in total. The van der Waals surface area contributed by atoms with Gasteiger partial charge in [0.25, 0.3) is 0 Å². The van der Waals surface area contributed by atoms with Gasteiger partial charge in [-0.05, 0) is 13.8 Å². The molecule has 11 heavy (non-hydrogen) atoms. The van der Waals surface area contributed by atoms with Crippen molar-refractivity contribution in [3.63, 3.8) is 0 Å². The molecule has 64 valence electrons. The molecule has 0 aliphatic rings. The summed E-state index contributed by atoms with van der Waals surface area (Å²) in [6.45, 7) is 3.83. The molecule has 0 aromatic heterocycles. The van der Waals surface area contributed by atoms with Gasteiger partial charge in [0, 0.05) is 18.6 Å². The maximum absolute atomic E-state index is 10.9. The van der Waals surface area contributed by atoms with Gasteiger partial charge in [0.2, 0.25) is 0 Å². The third kappa shape index (κ3) is 4.56. The van der Waals surface area contributed by atoms with Crippen molar-refractivity contribution in [1.82, 2.24) is 0 Å². The van der Waals surface area contributed by atoms with Crippen molar-refractivity contribution in [3.8, 4) is 0 Å². The maximum atomic E-state index is 10.9. The Bertz CT molecular complexity index is 149. The van der Waals surface area contributed by atoms with Gasteiger partial charge >= 0.3 is 5.97 Å². The highest BCUT2D eigenvalue weighted by Crippen LogP contribution is 1.95. The third-order valence-electron chi connectivity index (χ3n) is 1.29. The summed E-state index contributed by atoms with van der Waals surface area (Å²) >= 11 is 0. The zero-order valence-corrected chi connectivity index (χ0v) is 6.96. The number of carbonyl (C=O) groups is 1. The average molecular weight is 158 g/mol. The van der Waals surface area contributed by atoms with Gasteiger partial charge < -0.3 is 9.84 Å². The monoisotopic (exact) mass is 158 g/mol. The van der Waals surface area contributed by atoms with E-state index in [4.69, 9.17) is 9.84 Å². The minimum Gasteiger partial charge on any atom is -0.462 e. The first-order valence-electron chi connectivity index (χ1n) is 3.63. The predicted molar refractivity (Wildman–Crippen MR) is 42.1 cm³/mol. The Labute approximate surface area is 66.7 Å². The minimum absolute atomic E-state index is 0.0577. The van der Waals surface area contributed by atoms with Crippen molar-refractivity contribution in [2.75, 3.05) is 13.2 Å². The molecule has 0 saturated carbocycles. The number of hydrogen-bond acceptors (Lipinski definition) is 3. The average Bonchev–Trinajstić information content (AvgIpc) is 2.03. The van der Waals surface area contributed by atoms with Gasteiger partial charge in [0.15, 0.2) is 0 Å². The fourth-order valence-corrected chi connectivity index (χ4v) is 0.461. The summed E-state index contributed by atoms with van der Waals surface area (Å²) in [5.41, 5.74) is 0.600. The SMILES string of the molecule is CC=C(C)C(=O)OCCCO. The van der Waals surface area contributed by atoms with Crippen molar-refractivity contribution in [1.29, 1.82) is 0 Å². The van der Waals surface area contributed by atoms with Crippen LogP contribution in [-0.2, 0) is 9.53 Å². The van der Waals surface area contributed by atoms with E-state index >= 15 is 0 Å². The largest absolute Gasteiger partial charge is 0.462 e. The van der Waals surface area contributed by atoms with Crippen molar-refractivity contribution in [2.24, 2.45) is 0 Å². The highest BCUT2D eigenvalue weighted by atomic mass is 16.5. The molecule has 0 aliphatic heterocycles. The van der Waals surface area contributed by atoms with Crippen LogP contribution in [0.5, 0.6) is 0 Å². The van der Waals surface area contributed by atoms with E-state index in [0.29, 0.717) is 18.6 Å². The van der Waals surface area contributed by atoms with E-state index in [1.165, 1.54) is 0 Å². The van der Waals surface area contributed by atoms with Crippen LogP contribution in [0.25, 0.3) is 0 Å². The quantitative estimate of drug-likeness (QED) is 0.375. The molecule has 0 atom stereocenters. The molecule has 0 saturated heterocycles. The molecular formula is C8H14O3. The Morgan fingerprint density at radius 1 is 1.64 bits per heavy atom. The standard InChI is InChI=1S/C8H14O3/c1-3-7(2)8(10)11-6-4-5-9/h3,9H,4-6H2,1-2H3. The summed E-state index contributed by atoms with van der Waals surface area (Å²) in [4.78, 5) is 10.9. The molecule has 0 bridgehead atoms. The number of ether oxygens (including phenoxy) is 1. The predicted octanol–water partition coefficient (Wildman–Crippen LogP) is 0.878. The van der Waals surface area contributed by atoms with Gasteiger partial charge in [0.05, 0.1) is 6.61 Å². The van der Waals surface area contributed by atoms with Crippen LogP contribution in [0.4, 0.5) is 0 Å². The molecule has 3 nitrogen and oxygen atoms in total. The number of rotatable bonds is 4. The third-order valence-corrected chi connectivity index (χ3v) is 1.29. The lowest BCUT2D eigenvalue weighted by Gasteiger charge is -2.01. The summed E-state index contributed by atoms with van der Waals surface area (Å²) in [5.74, 6) is -0.305. The zero-order valence-electron chi connectivity index (χ0n) is 6.96. The van der Waals surface area contributed by atoms with Crippen molar-refractivity contribution >= 4 is 5.97 Å². The Morgan fingerprint density at radius 3 is 2.73 bits per heavy atom. The van der Waals surface area contributed by atoms with Crippen molar-refractivity contribution < 1.29 is 14.6 Å². The first kappa shape index (κ1) is 10.2. The molecule has 0 rings (SSSR count). The van der Waals surface area contributed by atoms with E-state index in [0.717, 1.165) is 0 Å². The molecule has 0 aromatic carbocycles. The van der Waals surface area contributed by atoms with Crippen LogP contribution >= 0.6 is 0 Å². The van der Waals surface area contributed by atoms with Crippen LogP contribution in [-0.4, -0.2) is 24.3 Å². The number of allylic oxidation sites excluding steroid dienone is 1. The Morgan fingerprint density at radius 2 is 2.27 bits per heavy atom. The summed E-state index contributed by atoms with van der Waals surface area (Å²) in [6.07, 6.45) is 2.20. The fourth-order valence-electron chi connectivity index (χ4n) is 0.461. The summed E-state index contributed by atoms with van der Waals surface area (Å²) in [5, 5.41) is 8.37. The molecule has 0 aromatic rings. The summed E-state index contributed by atoms with van der Waals surface area (Å²) in [6, 6.07) is 0. The number of hydrogen-bond donors (Lipinski definition) is 1. The lowest BCUT2D eigenvalue weighted by atomic mass is 10.3. The lowest BCUT2D eigenvalue weighted by Crippen LogP contribution is -2.07. The lowest BCUT2D eigenvalue weighted by molar-refractivity contribution is -0.139. The van der Waals surface area contributed by atoms with Crippen LogP contribution in [0.1, 0.15) is 20.3 Å². The van der Waals surface area contributed by atoms with Gasteiger partial charge in [0.1, 0.15) is 0 Å². The molecule has 0 radical (unpaired) electrons. The van der Waals surface area contributed by atoms with Crippen LogP contribution in [0.2, 0.25) is 0 Å². The van der Waals surface area contributed by atoms with Crippen molar-refractivity contribution in [2.45, 2.75) is 20.3 Å². The number of aliphatic hydroxyl groups is 1. The normalized spacial score (nSPS) is 11.4. The number of carbonyl (C=O) groups excluding carboxylic acids is 1. The summed E-state index contributed by atoms with van der Waals surface area (Å²) < 4.78 is 4.77. The smallest absolute Gasteiger partial charge is 0.333 e. The minimum atomic E-state index is -0.305. The van der Waals surface area contributed by atoms with Gasteiger partial charge in [-0.15, -0.1) is 0 Å². The second-order valence-corrected chi connectivity index (χ2v) is 2.18. The second kappa shape index (κ2) is 5.92. The van der Waals surface area contributed by atoms with Gasteiger partial charge in [-0.1, -0.05) is 6.08 Å². The Kier molecular flexibility index (Phi) is 5.47.